The standard InChI is InChI=1S/C18H21N5O2S/c1-2-9-22-17(25)14(16(24)21-18(22)26)12-20-23-10-4-3-7-15(23)13-6-5-8-19-11-13/h2,5-6,8,11-12,15,25H,1,3-4,7,9-10H2,(H,21,24,26)/t15-/m1/s1. The van der Waals surface area contributed by atoms with Crippen molar-refractivity contribution in [2.75, 3.05) is 6.54 Å². The van der Waals surface area contributed by atoms with Gasteiger partial charge in [0.15, 0.2) is 4.77 Å². The third-order valence-corrected chi connectivity index (χ3v) is 4.72. The Morgan fingerprint density at radius 2 is 2.35 bits per heavy atom. The second-order valence-electron chi connectivity index (χ2n) is 6.10. The van der Waals surface area contributed by atoms with E-state index in [0.717, 1.165) is 31.4 Å². The monoisotopic (exact) mass is 371 g/mol. The molecule has 0 amide bonds. The summed E-state index contributed by atoms with van der Waals surface area (Å²) in [6, 6.07) is 4.04. The molecular formula is C18H21N5O2S. The van der Waals surface area contributed by atoms with Gasteiger partial charge in [-0.05, 0) is 43.1 Å². The van der Waals surface area contributed by atoms with Crippen LogP contribution in [0.15, 0.2) is 47.1 Å². The maximum absolute atomic E-state index is 12.2. The molecule has 1 aliphatic rings. The Morgan fingerprint density at radius 1 is 1.50 bits per heavy atom. The first-order chi connectivity index (χ1) is 12.6. The summed E-state index contributed by atoms with van der Waals surface area (Å²) in [5.74, 6) is -0.211. The van der Waals surface area contributed by atoms with Crippen molar-refractivity contribution in [3.8, 4) is 5.88 Å². The van der Waals surface area contributed by atoms with Gasteiger partial charge in [0.25, 0.3) is 5.56 Å². The Kier molecular flexibility index (Phi) is 5.62. The molecule has 1 fully saturated rings. The van der Waals surface area contributed by atoms with Crippen LogP contribution < -0.4 is 5.56 Å². The molecule has 8 heteroatoms. The van der Waals surface area contributed by atoms with Crippen molar-refractivity contribution < 1.29 is 5.11 Å². The highest BCUT2D eigenvalue weighted by Crippen LogP contribution is 2.30. The lowest BCUT2D eigenvalue weighted by Gasteiger charge is -2.33. The average molecular weight is 371 g/mol. The van der Waals surface area contributed by atoms with Crippen LogP contribution in [0.25, 0.3) is 0 Å². The van der Waals surface area contributed by atoms with Crippen LogP contribution in [0.4, 0.5) is 0 Å². The normalized spacial score (nSPS) is 17.5. The summed E-state index contributed by atoms with van der Waals surface area (Å²) in [7, 11) is 0. The van der Waals surface area contributed by atoms with Gasteiger partial charge >= 0.3 is 0 Å². The van der Waals surface area contributed by atoms with Gasteiger partial charge in [0.2, 0.25) is 5.88 Å². The number of allylic oxidation sites excluding steroid dienone is 1. The molecule has 1 saturated heterocycles. The number of aromatic amines is 1. The summed E-state index contributed by atoms with van der Waals surface area (Å²) < 4.78 is 1.55. The summed E-state index contributed by atoms with van der Waals surface area (Å²) in [6.45, 7) is 4.71. The zero-order chi connectivity index (χ0) is 18.5. The number of nitrogens with zero attached hydrogens (tertiary/aromatic N) is 4. The number of aromatic nitrogens is 3. The predicted molar refractivity (Wildman–Crippen MR) is 103 cm³/mol. The average Bonchev–Trinajstić information content (AvgIpc) is 2.66. The summed E-state index contributed by atoms with van der Waals surface area (Å²) in [5, 5.41) is 16.8. The van der Waals surface area contributed by atoms with E-state index in [2.05, 4.69) is 21.6 Å². The Labute approximate surface area is 156 Å². The van der Waals surface area contributed by atoms with E-state index in [9.17, 15) is 9.90 Å². The van der Waals surface area contributed by atoms with Gasteiger partial charge in [-0.3, -0.25) is 24.3 Å². The molecule has 0 aromatic carbocycles. The maximum atomic E-state index is 12.2. The first-order valence-corrected chi connectivity index (χ1v) is 8.90. The molecule has 0 radical (unpaired) electrons. The van der Waals surface area contributed by atoms with E-state index >= 15 is 0 Å². The first kappa shape index (κ1) is 18.1. The zero-order valence-corrected chi connectivity index (χ0v) is 15.2. The molecule has 0 saturated carbocycles. The first-order valence-electron chi connectivity index (χ1n) is 8.49. The highest BCUT2D eigenvalue weighted by molar-refractivity contribution is 7.71. The van der Waals surface area contributed by atoms with Crippen LogP contribution in [0.1, 0.15) is 36.4 Å². The molecule has 1 aliphatic heterocycles. The lowest BCUT2D eigenvalue weighted by molar-refractivity contribution is 0.156. The van der Waals surface area contributed by atoms with Crippen molar-refractivity contribution in [2.45, 2.75) is 31.8 Å². The van der Waals surface area contributed by atoms with Crippen molar-refractivity contribution in [1.29, 1.82) is 0 Å². The third kappa shape index (κ3) is 3.75. The SMILES string of the molecule is C=CCn1c(O)c(C=NN2CCCC[C@@H]2c2cccnc2)c(=O)[nH]c1=S. The molecule has 7 nitrogen and oxygen atoms in total. The fourth-order valence-electron chi connectivity index (χ4n) is 3.09. The van der Waals surface area contributed by atoms with E-state index in [1.165, 1.54) is 10.8 Å². The van der Waals surface area contributed by atoms with Gasteiger partial charge in [0.05, 0.1) is 12.3 Å². The van der Waals surface area contributed by atoms with Crippen LogP contribution in [0.3, 0.4) is 0 Å². The Bertz CT molecular complexity index is 919. The fraction of sp³-hybridized carbons (Fsp3) is 0.333. The van der Waals surface area contributed by atoms with Gasteiger partial charge in [-0.1, -0.05) is 12.1 Å². The van der Waals surface area contributed by atoms with Crippen molar-refractivity contribution in [3.05, 3.63) is 63.4 Å². The fourth-order valence-corrected chi connectivity index (χ4v) is 3.34. The smallest absolute Gasteiger partial charge is 0.264 e. The number of hydrazone groups is 1. The molecule has 2 aromatic heterocycles. The molecule has 1 atom stereocenters. The number of hydrogen-bond donors (Lipinski definition) is 2. The van der Waals surface area contributed by atoms with Gasteiger partial charge in [0, 0.05) is 25.5 Å². The minimum atomic E-state index is -0.466. The summed E-state index contributed by atoms with van der Waals surface area (Å²) in [4.78, 5) is 18.9. The summed E-state index contributed by atoms with van der Waals surface area (Å²) in [5.41, 5.74) is 0.701. The molecule has 0 bridgehead atoms. The second kappa shape index (κ2) is 8.09. The summed E-state index contributed by atoms with van der Waals surface area (Å²) >= 11 is 5.08. The molecule has 3 rings (SSSR count). The lowest BCUT2D eigenvalue weighted by Crippen LogP contribution is -2.29. The molecule has 26 heavy (non-hydrogen) atoms. The number of nitrogens with one attached hydrogen (secondary N) is 1. The van der Waals surface area contributed by atoms with E-state index in [4.69, 9.17) is 12.2 Å². The number of piperidine rings is 1. The number of rotatable bonds is 5. The van der Waals surface area contributed by atoms with Crippen LogP contribution in [0.2, 0.25) is 0 Å². The van der Waals surface area contributed by atoms with Crippen molar-refractivity contribution in [3.63, 3.8) is 0 Å². The molecule has 0 aliphatic carbocycles. The van der Waals surface area contributed by atoms with Crippen LogP contribution in [0.5, 0.6) is 5.88 Å². The molecule has 2 aromatic rings. The molecular weight excluding hydrogens is 350 g/mol. The second-order valence-corrected chi connectivity index (χ2v) is 6.49. The van der Waals surface area contributed by atoms with Gasteiger partial charge in [-0.2, -0.15) is 5.10 Å². The van der Waals surface area contributed by atoms with E-state index < -0.39 is 5.56 Å². The van der Waals surface area contributed by atoms with Crippen LogP contribution in [-0.4, -0.2) is 37.4 Å². The maximum Gasteiger partial charge on any atom is 0.264 e. The van der Waals surface area contributed by atoms with Crippen molar-refractivity contribution >= 4 is 18.4 Å². The topological polar surface area (TPSA) is 86.5 Å². The van der Waals surface area contributed by atoms with Crippen LogP contribution in [-0.2, 0) is 6.54 Å². The minimum absolute atomic E-state index is 0.0796. The van der Waals surface area contributed by atoms with E-state index in [1.807, 2.05) is 23.3 Å². The molecule has 2 N–H and O–H groups in total. The third-order valence-electron chi connectivity index (χ3n) is 4.40. The van der Waals surface area contributed by atoms with Crippen LogP contribution in [0, 0.1) is 4.77 Å². The predicted octanol–water partition coefficient (Wildman–Crippen LogP) is 2.75. The molecule has 136 valence electrons. The van der Waals surface area contributed by atoms with E-state index in [1.54, 1.807) is 12.3 Å². The lowest BCUT2D eigenvalue weighted by atomic mass is 9.98. The van der Waals surface area contributed by atoms with Crippen LogP contribution >= 0.6 is 12.2 Å². The zero-order valence-electron chi connectivity index (χ0n) is 14.3. The van der Waals surface area contributed by atoms with E-state index in [-0.39, 0.29) is 22.3 Å². The van der Waals surface area contributed by atoms with Gasteiger partial charge in [-0.15, -0.1) is 6.58 Å². The van der Waals surface area contributed by atoms with Gasteiger partial charge in [0.1, 0.15) is 5.56 Å². The molecule has 3 heterocycles. The molecule has 0 unspecified atom stereocenters. The van der Waals surface area contributed by atoms with Gasteiger partial charge in [-0.25, -0.2) is 0 Å². The Balaban J connectivity index is 1.93. The Morgan fingerprint density at radius 3 is 3.08 bits per heavy atom. The van der Waals surface area contributed by atoms with Crippen molar-refractivity contribution in [2.24, 2.45) is 5.10 Å². The quantitative estimate of drug-likeness (QED) is 0.479. The van der Waals surface area contributed by atoms with Gasteiger partial charge < -0.3 is 5.11 Å². The largest absolute Gasteiger partial charge is 0.494 e. The number of aromatic hydroxyl groups is 1. The number of pyridine rings is 1. The highest BCUT2D eigenvalue weighted by Gasteiger charge is 2.23. The molecule has 0 spiro atoms. The van der Waals surface area contributed by atoms with Crippen molar-refractivity contribution in [1.82, 2.24) is 19.5 Å². The minimum Gasteiger partial charge on any atom is -0.494 e. The number of H-pyrrole nitrogens is 1. The highest BCUT2D eigenvalue weighted by atomic mass is 32.1. The summed E-state index contributed by atoms with van der Waals surface area (Å²) in [6.07, 6.45) is 9.68. The number of hydrogen-bond acceptors (Lipinski definition) is 6. The Hall–Kier alpha value is -2.74. The van der Waals surface area contributed by atoms with E-state index in [0.29, 0.717) is 6.54 Å².